The van der Waals surface area contributed by atoms with Gasteiger partial charge in [0.25, 0.3) is 5.91 Å². The molecule has 1 N–H and O–H groups in total. The summed E-state index contributed by atoms with van der Waals surface area (Å²) in [5, 5.41) is 9.90. The summed E-state index contributed by atoms with van der Waals surface area (Å²) in [5.74, 6) is 0.144. The summed E-state index contributed by atoms with van der Waals surface area (Å²) in [7, 11) is 0. The molecule has 0 atom stereocenters. The fourth-order valence-electron chi connectivity index (χ4n) is 2.18. The van der Waals surface area contributed by atoms with Crippen molar-refractivity contribution >= 4 is 11.6 Å². The third-order valence-corrected chi connectivity index (χ3v) is 2.87. The van der Waals surface area contributed by atoms with E-state index in [1.807, 2.05) is 26.0 Å². The minimum absolute atomic E-state index is 0.0487. The number of phenolic OH excluding ortho intramolecular Hbond substituents is 1. The third kappa shape index (κ3) is 2.33. The first-order valence-corrected chi connectivity index (χ1v) is 5.87. The number of carbonyl (C=O) groups excluding carboxylic acids is 1. The van der Waals surface area contributed by atoms with Gasteiger partial charge in [-0.05, 0) is 38.3 Å². The van der Waals surface area contributed by atoms with Gasteiger partial charge in [0.05, 0.1) is 5.69 Å². The lowest BCUT2D eigenvalue weighted by Crippen LogP contribution is -2.34. The number of amides is 1. The molecule has 1 aliphatic heterocycles. The average molecular weight is 231 g/mol. The number of hydrogen-bond acceptors (Lipinski definition) is 2. The number of phenols is 1. The van der Waals surface area contributed by atoms with Crippen LogP contribution in [0.1, 0.15) is 25.8 Å². The van der Waals surface area contributed by atoms with Crippen LogP contribution in [-0.2, 0) is 11.2 Å². The Bertz CT molecular complexity index is 473. The van der Waals surface area contributed by atoms with Crippen molar-refractivity contribution < 1.29 is 9.90 Å². The summed E-state index contributed by atoms with van der Waals surface area (Å²) < 4.78 is 0. The van der Waals surface area contributed by atoms with Crippen LogP contribution in [0.15, 0.2) is 29.8 Å². The molecule has 0 radical (unpaired) electrons. The topological polar surface area (TPSA) is 40.5 Å². The Morgan fingerprint density at radius 1 is 1.41 bits per heavy atom. The number of rotatable bonds is 1. The minimum atomic E-state index is -0.0487. The number of fused-ring (bicyclic) bond motifs is 1. The van der Waals surface area contributed by atoms with Crippen molar-refractivity contribution in [2.24, 2.45) is 0 Å². The van der Waals surface area contributed by atoms with Crippen molar-refractivity contribution in [3.63, 3.8) is 0 Å². The van der Waals surface area contributed by atoms with Gasteiger partial charge in [-0.25, -0.2) is 0 Å². The van der Waals surface area contributed by atoms with Crippen LogP contribution in [0.4, 0.5) is 5.69 Å². The van der Waals surface area contributed by atoms with Gasteiger partial charge in [-0.3, -0.25) is 4.79 Å². The van der Waals surface area contributed by atoms with E-state index in [9.17, 15) is 9.90 Å². The lowest BCUT2D eigenvalue weighted by molar-refractivity contribution is -0.114. The number of para-hydroxylation sites is 1. The monoisotopic (exact) mass is 231 g/mol. The molecule has 0 spiro atoms. The molecule has 90 valence electrons. The molecular weight excluding hydrogens is 214 g/mol. The van der Waals surface area contributed by atoms with Gasteiger partial charge in [-0.15, -0.1) is 0 Å². The van der Waals surface area contributed by atoms with Crippen LogP contribution in [0.5, 0.6) is 5.75 Å². The second-order valence-corrected chi connectivity index (χ2v) is 4.60. The maximum Gasteiger partial charge on any atom is 0.251 e. The number of allylic oxidation sites excluding steroid dienone is 1. The second-order valence-electron chi connectivity index (χ2n) is 4.60. The van der Waals surface area contributed by atoms with Crippen molar-refractivity contribution in [1.29, 1.82) is 0 Å². The first-order valence-electron chi connectivity index (χ1n) is 5.87. The van der Waals surface area contributed by atoms with E-state index in [1.165, 1.54) is 0 Å². The van der Waals surface area contributed by atoms with Gasteiger partial charge in [0, 0.05) is 12.6 Å². The number of anilines is 1. The SMILES string of the molecule is CC(C)=CC(=O)N1CCCc2cccc(O)c21. The van der Waals surface area contributed by atoms with Crippen molar-refractivity contribution in [3.05, 3.63) is 35.4 Å². The number of hydrogen-bond donors (Lipinski definition) is 1. The third-order valence-electron chi connectivity index (χ3n) is 2.87. The van der Waals surface area contributed by atoms with E-state index in [2.05, 4.69) is 0 Å². The number of benzene rings is 1. The Morgan fingerprint density at radius 2 is 2.18 bits per heavy atom. The van der Waals surface area contributed by atoms with E-state index in [4.69, 9.17) is 0 Å². The quantitative estimate of drug-likeness (QED) is 0.755. The van der Waals surface area contributed by atoms with Crippen LogP contribution in [-0.4, -0.2) is 17.6 Å². The van der Waals surface area contributed by atoms with Crippen molar-refractivity contribution in [2.45, 2.75) is 26.7 Å². The van der Waals surface area contributed by atoms with E-state index in [-0.39, 0.29) is 11.7 Å². The van der Waals surface area contributed by atoms with Crippen LogP contribution >= 0.6 is 0 Å². The standard InChI is InChI=1S/C14H17NO2/c1-10(2)9-13(17)15-8-4-6-11-5-3-7-12(16)14(11)15/h3,5,7,9,16H,4,6,8H2,1-2H3. The summed E-state index contributed by atoms with van der Waals surface area (Å²) in [6.07, 6.45) is 3.47. The van der Waals surface area contributed by atoms with Gasteiger partial charge in [-0.2, -0.15) is 0 Å². The van der Waals surface area contributed by atoms with Gasteiger partial charge >= 0.3 is 0 Å². The van der Waals surface area contributed by atoms with E-state index in [0.29, 0.717) is 12.2 Å². The average Bonchev–Trinajstić information content (AvgIpc) is 2.28. The predicted molar refractivity (Wildman–Crippen MR) is 68.2 cm³/mol. The highest BCUT2D eigenvalue weighted by molar-refractivity contribution is 6.03. The Hall–Kier alpha value is -1.77. The molecule has 3 heteroatoms. The van der Waals surface area contributed by atoms with E-state index in [0.717, 1.165) is 24.0 Å². The van der Waals surface area contributed by atoms with E-state index >= 15 is 0 Å². The molecule has 0 saturated carbocycles. The van der Waals surface area contributed by atoms with Gasteiger partial charge in [-0.1, -0.05) is 17.7 Å². The molecule has 1 aromatic carbocycles. The van der Waals surface area contributed by atoms with Gasteiger partial charge in [0.2, 0.25) is 0 Å². The van der Waals surface area contributed by atoms with Gasteiger partial charge < -0.3 is 10.0 Å². The highest BCUT2D eigenvalue weighted by Gasteiger charge is 2.23. The lowest BCUT2D eigenvalue weighted by atomic mass is 10.0. The van der Waals surface area contributed by atoms with Gasteiger partial charge in [0.15, 0.2) is 0 Å². The molecule has 1 heterocycles. The molecule has 2 rings (SSSR count). The highest BCUT2D eigenvalue weighted by atomic mass is 16.3. The van der Waals surface area contributed by atoms with E-state index in [1.54, 1.807) is 17.0 Å². The Kier molecular flexibility index (Phi) is 3.18. The molecule has 3 nitrogen and oxygen atoms in total. The van der Waals surface area contributed by atoms with Crippen LogP contribution < -0.4 is 4.90 Å². The zero-order valence-electron chi connectivity index (χ0n) is 10.2. The minimum Gasteiger partial charge on any atom is -0.506 e. The largest absolute Gasteiger partial charge is 0.506 e. The van der Waals surface area contributed by atoms with Crippen molar-refractivity contribution in [2.75, 3.05) is 11.4 Å². The summed E-state index contributed by atoms with van der Waals surface area (Å²) in [6.45, 7) is 4.47. The van der Waals surface area contributed by atoms with Crippen molar-refractivity contribution in [1.82, 2.24) is 0 Å². The number of nitrogens with zero attached hydrogens (tertiary/aromatic N) is 1. The van der Waals surface area contributed by atoms with Crippen molar-refractivity contribution in [3.8, 4) is 5.75 Å². The molecular formula is C14H17NO2. The van der Waals surface area contributed by atoms with E-state index < -0.39 is 0 Å². The molecule has 0 fully saturated rings. The van der Waals surface area contributed by atoms with Crippen LogP contribution in [0, 0.1) is 0 Å². The summed E-state index contributed by atoms with van der Waals surface area (Å²) >= 11 is 0. The van der Waals surface area contributed by atoms with Crippen LogP contribution in [0.2, 0.25) is 0 Å². The number of aryl methyl sites for hydroxylation is 1. The summed E-state index contributed by atoms with van der Waals surface area (Å²) in [6, 6.07) is 5.42. The summed E-state index contributed by atoms with van der Waals surface area (Å²) in [4.78, 5) is 13.7. The molecule has 1 aromatic rings. The molecule has 1 aliphatic rings. The van der Waals surface area contributed by atoms with Crippen LogP contribution in [0.3, 0.4) is 0 Å². The highest BCUT2D eigenvalue weighted by Crippen LogP contribution is 2.35. The molecule has 0 saturated heterocycles. The molecule has 0 aromatic heterocycles. The fraction of sp³-hybridized carbons (Fsp3) is 0.357. The van der Waals surface area contributed by atoms with Gasteiger partial charge in [0.1, 0.15) is 5.75 Å². The molecule has 1 amide bonds. The summed E-state index contributed by atoms with van der Waals surface area (Å²) in [5.41, 5.74) is 2.70. The Labute approximate surface area is 101 Å². The Morgan fingerprint density at radius 3 is 2.88 bits per heavy atom. The lowest BCUT2D eigenvalue weighted by Gasteiger charge is -2.29. The normalized spacial score (nSPS) is 14.1. The Balaban J connectivity index is 2.41. The molecule has 0 bridgehead atoms. The maximum atomic E-state index is 12.1. The number of aromatic hydroxyl groups is 1. The molecule has 0 aliphatic carbocycles. The number of carbonyl (C=O) groups is 1. The molecule has 17 heavy (non-hydrogen) atoms. The fourth-order valence-corrected chi connectivity index (χ4v) is 2.18. The predicted octanol–water partition coefficient (Wildman–Crippen LogP) is 2.64. The second kappa shape index (κ2) is 4.62. The maximum absolute atomic E-state index is 12.1. The first kappa shape index (κ1) is 11.7. The first-order chi connectivity index (χ1) is 8.09. The zero-order valence-corrected chi connectivity index (χ0v) is 10.2. The van der Waals surface area contributed by atoms with Crippen LogP contribution in [0.25, 0.3) is 0 Å². The zero-order chi connectivity index (χ0) is 12.4. The smallest absolute Gasteiger partial charge is 0.251 e. The molecule has 0 unspecified atom stereocenters.